The Morgan fingerprint density at radius 1 is 1.08 bits per heavy atom. The fourth-order valence-electron chi connectivity index (χ4n) is 2.32. The molecule has 0 aliphatic heterocycles. The van der Waals surface area contributed by atoms with Gasteiger partial charge in [-0.05, 0) is 29.7 Å². The molecule has 1 atom stereocenters. The molecule has 0 bridgehead atoms. The second-order valence-corrected chi connectivity index (χ2v) is 5.59. The Bertz CT molecular complexity index is 678. The van der Waals surface area contributed by atoms with E-state index in [9.17, 15) is 18.0 Å². The van der Waals surface area contributed by atoms with Gasteiger partial charge in [-0.25, -0.2) is 0 Å². The minimum absolute atomic E-state index is 0. The summed E-state index contributed by atoms with van der Waals surface area (Å²) in [7, 11) is 0. The van der Waals surface area contributed by atoms with Gasteiger partial charge in [0.25, 0.3) is 0 Å². The smallest absolute Gasteiger partial charge is 0.326 e. The number of nitrogens with one attached hydrogen (secondary N) is 1. The predicted molar refractivity (Wildman–Crippen MR) is 94.7 cm³/mol. The fourth-order valence-corrected chi connectivity index (χ4v) is 2.32. The van der Waals surface area contributed by atoms with Crippen molar-refractivity contribution in [3.63, 3.8) is 0 Å². The first kappa shape index (κ1) is 21.0. The van der Waals surface area contributed by atoms with E-state index in [1.165, 1.54) is 0 Å². The highest BCUT2D eigenvalue weighted by molar-refractivity contribution is 5.91. The molecule has 0 aliphatic carbocycles. The molecule has 1 unspecified atom stereocenters. The van der Waals surface area contributed by atoms with Crippen LogP contribution in [-0.4, -0.2) is 12.1 Å². The number of halogens is 4. The summed E-state index contributed by atoms with van der Waals surface area (Å²) in [5.41, 5.74) is 7.84. The summed E-state index contributed by atoms with van der Waals surface area (Å²) in [6.45, 7) is 0. The highest BCUT2D eigenvalue weighted by atomic mass is 35.5. The standard InChI is InChI=1S/C18H19F3N2O.ClH/c19-18(20,21)10-9-13-5-4-8-15(11-13)23-17(24)12-16(22)14-6-2-1-3-7-14;/h1-8,11,16H,9-10,12,22H2,(H,23,24);1H. The largest absolute Gasteiger partial charge is 0.389 e. The SMILES string of the molecule is Cl.NC(CC(=O)Nc1cccc(CCC(F)(F)F)c1)c1ccccc1. The fraction of sp³-hybridized carbons (Fsp3) is 0.278. The summed E-state index contributed by atoms with van der Waals surface area (Å²) in [6.07, 6.45) is -5.10. The summed E-state index contributed by atoms with van der Waals surface area (Å²) in [6, 6.07) is 15.2. The second kappa shape index (κ2) is 9.44. The summed E-state index contributed by atoms with van der Waals surface area (Å²) in [4.78, 5) is 12.1. The van der Waals surface area contributed by atoms with Gasteiger partial charge >= 0.3 is 6.18 Å². The summed E-state index contributed by atoms with van der Waals surface area (Å²) in [5, 5.41) is 2.68. The summed E-state index contributed by atoms with van der Waals surface area (Å²) in [5.74, 6) is -0.278. The molecule has 2 aromatic rings. The van der Waals surface area contributed by atoms with Crippen molar-refractivity contribution in [3.05, 3.63) is 65.7 Å². The highest BCUT2D eigenvalue weighted by Gasteiger charge is 2.26. The molecule has 1 amide bonds. The van der Waals surface area contributed by atoms with Crippen molar-refractivity contribution in [2.24, 2.45) is 5.73 Å². The molecule has 7 heteroatoms. The lowest BCUT2D eigenvalue weighted by atomic mass is 10.0. The summed E-state index contributed by atoms with van der Waals surface area (Å²) < 4.78 is 36.8. The number of amides is 1. The van der Waals surface area contributed by atoms with Crippen LogP contribution in [0.1, 0.15) is 30.0 Å². The number of alkyl halides is 3. The topological polar surface area (TPSA) is 55.1 Å². The lowest BCUT2D eigenvalue weighted by molar-refractivity contribution is -0.134. The molecular weight excluding hydrogens is 353 g/mol. The first-order chi connectivity index (χ1) is 11.3. The van der Waals surface area contributed by atoms with Crippen LogP contribution in [0.2, 0.25) is 0 Å². The molecule has 2 aromatic carbocycles. The minimum Gasteiger partial charge on any atom is -0.326 e. The Morgan fingerprint density at radius 2 is 1.76 bits per heavy atom. The van der Waals surface area contributed by atoms with E-state index in [0.717, 1.165) is 5.56 Å². The van der Waals surface area contributed by atoms with Gasteiger partial charge in [0.15, 0.2) is 0 Å². The number of rotatable bonds is 6. The Morgan fingerprint density at radius 3 is 2.40 bits per heavy atom. The van der Waals surface area contributed by atoms with Gasteiger partial charge < -0.3 is 11.1 Å². The molecule has 0 saturated carbocycles. The minimum atomic E-state index is -4.19. The molecule has 0 spiro atoms. The molecule has 2 rings (SSSR count). The van der Waals surface area contributed by atoms with E-state index in [0.29, 0.717) is 11.3 Å². The van der Waals surface area contributed by atoms with E-state index in [1.807, 2.05) is 30.3 Å². The molecule has 0 aliphatic rings. The number of carbonyl (C=O) groups is 1. The lowest BCUT2D eigenvalue weighted by Crippen LogP contribution is -2.20. The Hall–Kier alpha value is -2.05. The van der Waals surface area contributed by atoms with Gasteiger partial charge in [0.1, 0.15) is 0 Å². The number of hydrogen-bond donors (Lipinski definition) is 2. The van der Waals surface area contributed by atoms with E-state index in [-0.39, 0.29) is 31.2 Å². The van der Waals surface area contributed by atoms with Gasteiger partial charge in [-0.1, -0.05) is 42.5 Å². The Balaban J connectivity index is 0.00000312. The van der Waals surface area contributed by atoms with Crippen molar-refractivity contribution in [2.75, 3.05) is 5.32 Å². The zero-order valence-corrected chi connectivity index (χ0v) is 14.2. The molecule has 0 aromatic heterocycles. The van der Waals surface area contributed by atoms with Crippen LogP contribution in [0.5, 0.6) is 0 Å². The number of anilines is 1. The third kappa shape index (κ3) is 7.58. The van der Waals surface area contributed by atoms with Crippen molar-refractivity contribution in [1.29, 1.82) is 0 Å². The average Bonchev–Trinajstić information content (AvgIpc) is 2.53. The van der Waals surface area contributed by atoms with Gasteiger partial charge in [0.2, 0.25) is 5.91 Å². The number of carbonyl (C=O) groups excluding carboxylic acids is 1. The van der Waals surface area contributed by atoms with E-state index < -0.39 is 18.6 Å². The van der Waals surface area contributed by atoms with Crippen LogP contribution < -0.4 is 11.1 Å². The maximum absolute atomic E-state index is 12.3. The van der Waals surface area contributed by atoms with Crippen LogP contribution >= 0.6 is 12.4 Å². The molecule has 3 nitrogen and oxygen atoms in total. The molecule has 0 heterocycles. The van der Waals surface area contributed by atoms with Crippen molar-refractivity contribution in [2.45, 2.75) is 31.5 Å². The normalized spacial score (nSPS) is 12.2. The zero-order chi connectivity index (χ0) is 17.6. The van der Waals surface area contributed by atoms with Crippen LogP contribution in [-0.2, 0) is 11.2 Å². The van der Waals surface area contributed by atoms with Crippen LogP contribution in [0.25, 0.3) is 0 Å². The summed E-state index contributed by atoms with van der Waals surface area (Å²) >= 11 is 0. The van der Waals surface area contributed by atoms with Gasteiger partial charge in [0, 0.05) is 24.6 Å². The van der Waals surface area contributed by atoms with Crippen LogP contribution in [0.3, 0.4) is 0 Å². The molecule has 3 N–H and O–H groups in total. The zero-order valence-electron chi connectivity index (χ0n) is 13.4. The van der Waals surface area contributed by atoms with Gasteiger partial charge in [0.05, 0.1) is 0 Å². The highest BCUT2D eigenvalue weighted by Crippen LogP contribution is 2.23. The second-order valence-electron chi connectivity index (χ2n) is 5.59. The monoisotopic (exact) mass is 372 g/mol. The first-order valence-electron chi connectivity index (χ1n) is 7.59. The third-order valence-corrected chi connectivity index (χ3v) is 3.54. The maximum atomic E-state index is 12.3. The van der Waals surface area contributed by atoms with Crippen LogP contribution in [0, 0.1) is 0 Å². The first-order valence-corrected chi connectivity index (χ1v) is 7.59. The quantitative estimate of drug-likeness (QED) is 0.776. The van der Waals surface area contributed by atoms with Crippen LogP contribution in [0.4, 0.5) is 18.9 Å². The molecule has 0 saturated heterocycles. The van der Waals surface area contributed by atoms with E-state index in [1.54, 1.807) is 24.3 Å². The molecule has 25 heavy (non-hydrogen) atoms. The number of nitrogens with two attached hydrogens (primary N) is 1. The maximum Gasteiger partial charge on any atom is 0.389 e. The van der Waals surface area contributed by atoms with Crippen molar-refractivity contribution in [3.8, 4) is 0 Å². The van der Waals surface area contributed by atoms with Crippen molar-refractivity contribution < 1.29 is 18.0 Å². The lowest BCUT2D eigenvalue weighted by Gasteiger charge is -2.13. The van der Waals surface area contributed by atoms with Crippen molar-refractivity contribution in [1.82, 2.24) is 0 Å². The molecule has 0 fully saturated rings. The molecular formula is C18H20ClF3N2O. The van der Waals surface area contributed by atoms with E-state index >= 15 is 0 Å². The van der Waals surface area contributed by atoms with Crippen molar-refractivity contribution >= 4 is 24.0 Å². The van der Waals surface area contributed by atoms with Crippen LogP contribution in [0.15, 0.2) is 54.6 Å². The number of aryl methyl sites for hydroxylation is 1. The number of hydrogen-bond acceptors (Lipinski definition) is 2. The third-order valence-electron chi connectivity index (χ3n) is 3.54. The van der Waals surface area contributed by atoms with E-state index in [2.05, 4.69) is 5.32 Å². The molecule has 136 valence electrons. The Labute approximate surface area is 150 Å². The predicted octanol–water partition coefficient (Wildman–Crippen LogP) is 4.63. The van der Waals surface area contributed by atoms with E-state index in [4.69, 9.17) is 5.73 Å². The Kier molecular flexibility index (Phi) is 7.93. The van der Waals surface area contributed by atoms with Gasteiger partial charge in [-0.15, -0.1) is 12.4 Å². The average molecular weight is 373 g/mol. The molecule has 0 radical (unpaired) electrons. The van der Waals surface area contributed by atoms with Gasteiger partial charge in [-0.3, -0.25) is 4.79 Å². The van der Waals surface area contributed by atoms with Gasteiger partial charge in [-0.2, -0.15) is 13.2 Å². The number of benzene rings is 2.